The fourth-order valence-corrected chi connectivity index (χ4v) is 2.49. The average Bonchev–Trinajstić information content (AvgIpc) is 2.49. The Labute approximate surface area is 128 Å². The quantitative estimate of drug-likeness (QED) is 0.855. The first kappa shape index (κ1) is 15.5. The molecule has 0 saturated heterocycles. The number of carboxylic acids is 1. The van der Waals surface area contributed by atoms with Gasteiger partial charge >= 0.3 is 5.97 Å². The van der Waals surface area contributed by atoms with Gasteiger partial charge in [0, 0.05) is 5.02 Å². The molecule has 110 valence electrons. The summed E-state index contributed by atoms with van der Waals surface area (Å²) in [5.74, 6) is -1.61. The van der Waals surface area contributed by atoms with Crippen LogP contribution in [0.1, 0.15) is 23.7 Å². The van der Waals surface area contributed by atoms with Crippen LogP contribution < -0.4 is 0 Å². The largest absolute Gasteiger partial charge is 0.481 e. The van der Waals surface area contributed by atoms with Crippen LogP contribution in [-0.2, 0) is 11.2 Å². The number of carbonyl (C=O) groups is 1. The number of benzene rings is 2. The van der Waals surface area contributed by atoms with Crippen molar-refractivity contribution in [1.82, 2.24) is 0 Å². The van der Waals surface area contributed by atoms with Gasteiger partial charge in [0.2, 0.25) is 0 Å². The van der Waals surface area contributed by atoms with Gasteiger partial charge in [0.1, 0.15) is 0 Å². The molecule has 3 nitrogen and oxygen atoms in total. The van der Waals surface area contributed by atoms with Crippen LogP contribution in [0, 0.1) is 5.92 Å². The number of aliphatic carboxylic acids is 1. The highest BCUT2D eigenvalue weighted by molar-refractivity contribution is 6.31. The molecule has 0 amide bonds. The first-order valence-electron chi connectivity index (χ1n) is 6.77. The van der Waals surface area contributed by atoms with Gasteiger partial charge in [0.25, 0.3) is 0 Å². The molecule has 2 unspecified atom stereocenters. The average molecular weight is 305 g/mol. The van der Waals surface area contributed by atoms with Crippen molar-refractivity contribution in [3.05, 3.63) is 70.7 Å². The lowest BCUT2D eigenvalue weighted by molar-refractivity contribution is -0.142. The van der Waals surface area contributed by atoms with Gasteiger partial charge in [-0.15, -0.1) is 0 Å². The topological polar surface area (TPSA) is 57.5 Å². The number of hydrogen-bond donors (Lipinski definition) is 2. The summed E-state index contributed by atoms with van der Waals surface area (Å²) in [6, 6.07) is 16.3. The van der Waals surface area contributed by atoms with Crippen LogP contribution in [0.4, 0.5) is 0 Å². The summed E-state index contributed by atoms with van der Waals surface area (Å²) in [6.07, 6.45) is -0.335. The second-order valence-electron chi connectivity index (χ2n) is 4.99. The molecule has 0 fully saturated rings. The van der Waals surface area contributed by atoms with Gasteiger partial charge < -0.3 is 10.2 Å². The lowest BCUT2D eigenvalue weighted by atomic mass is 9.91. The third kappa shape index (κ3) is 4.31. The molecule has 2 rings (SSSR count). The second-order valence-corrected chi connectivity index (χ2v) is 5.40. The maximum absolute atomic E-state index is 11.4. The summed E-state index contributed by atoms with van der Waals surface area (Å²) in [5, 5.41) is 20.1. The predicted octanol–water partition coefficient (Wildman–Crippen LogP) is 3.71. The van der Waals surface area contributed by atoms with E-state index in [4.69, 9.17) is 11.6 Å². The zero-order valence-corrected chi connectivity index (χ0v) is 12.2. The summed E-state index contributed by atoms with van der Waals surface area (Å²) in [7, 11) is 0. The van der Waals surface area contributed by atoms with E-state index < -0.39 is 18.0 Å². The van der Waals surface area contributed by atoms with E-state index >= 15 is 0 Å². The molecule has 2 N–H and O–H groups in total. The van der Waals surface area contributed by atoms with Crippen molar-refractivity contribution in [3.8, 4) is 0 Å². The van der Waals surface area contributed by atoms with E-state index in [-0.39, 0.29) is 6.42 Å². The van der Waals surface area contributed by atoms with Crippen LogP contribution in [0.2, 0.25) is 5.02 Å². The van der Waals surface area contributed by atoms with Gasteiger partial charge in [0.15, 0.2) is 0 Å². The first-order valence-corrected chi connectivity index (χ1v) is 7.15. The van der Waals surface area contributed by atoms with E-state index in [0.29, 0.717) is 11.4 Å². The van der Waals surface area contributed by atoms with Crippen molar-refractivity contribution in [2.45, 2.75) is 18.9 Å². The Balaban J connectivity index is 2.10. The highest BCUT2D eigenvalue weighted by atomic mass is 35.5. The van der Waals surface area contributed by atoms with E-state index in [1.165, 1.54) is 0 Å². The number of halogens is 1. The highest BCUT2D eigenvalue weighted by Crippen LogP contribution is 2.26. The molecule has 0 bridgehead atoms. The van der Waals surface area contributed by atoms with Crippen molar-refractivity contribution in [2.75, 3.05) is 0 Å². The third-order valence-corrected chi connectivity index (χ3v) is 3.83. The monoisotopic (exact) mass is 304 g/mol. The maximum Gasteiger partial charge on any atom is 0.306 e. The molecule has 4 heteroatoms. The summed E-state index contributed by atoms with van der Waals surface area (Å²) in [4.78, 5) is 11.4. The van der Waals surface area contributed by atoms with Gasteiger partial charge in [-0.25, -0.2) is 0 Å². The van der Waals surface area contributed by atoms with Crippen LogP contribution in [-0.4, -0.2) is 16.2 Å². The molecule has 2 aromatic carbocycles. The summed E-state index contributed by atoms with van der Waals surface area (Å²) in [6.45, 7) is 0. The van der Waals surface area contributed by atoms with Crippen LogP contribution in [0.5, 0.6) is 0 Å². The van der Waals surface area contributed by atoms with E-state index in [0.717, 1.165) is 11.1 Å². The molecule has 21 heavy (non-hydrogen) atoms. The Morgan fingerprint density at radius 2 is 1.67 bits per heavy atom. The van der Waals surface area contributed by atoms with Crippen molar-refractivity contribution >= 4 is 17.6 Å². The maximum atomic E-state index is 11.4. The third-order valence-electron chi connectivity index (χ3n) is 3.47. The lowest BCUT2D eigenvalue weighted by Gasteiger charge is -2.17. The molecular formula is C17H17ClO3. The molecule has 0 aliphatic rings. The molecule has 0 aliphatic carbocycles. The van der Waals surface area contributed by atoms with Gasteiger partial charge in [-0.05, 0) is 30.0 Å². The molecule has 0 spiro atoms. The Bertz CT molecular complexity index is 598. The Morgan fingerprint density at radius 3 is 2.29 bits per heavy atom. The molecule has 0 heterocycles. The highest BCUT2D eigenvalue weighted by Gasteiger charge is 2.23. The lowest BCUT2D eigenvalue weighted by Crippen LogP contribution is -2.19. The summed E-state index contributed by atoms with van der Waals surface area (Å²) < 4.78 is 0. The fourth-order valence-electron chi connectivity index (χ4n) is 2.28. The SMILES string of the molecule is O=C(O)C(Cc1ccccc1Cl)CC(O)c1ccccc1. The molecule has 0 aliphatic heterocycles. The number of aliphatic hydroxyl groups is 1. The minimum Gasteiger partial charge on any atom is -0.481 e. The zero-order chi connectivity index (χ0) is 15.2. The molecule has 0 radical (unpaired) electrons. The minimum absolute atomic E-state index is 0.157. The van der Waals surface area contributed by atoms with E-state index in [2.05, 4.69) is 0 Å². The van der Waals surface area contributed by atoms with Crippen LogP contribution in [0.25, 0.3) is 0 Å². The van der Waals surface area contributed by atoms with Crippen molar-refractivity contribution in [1.29, 1.82) is 0 Å². The predicted molar refractivity (Wildman–Crippen MR) is 82.3 cm³/mol. The number of rotatable bonds is 6. The van der Waals surface area contributed by atoms with Crippen LogP contribution >= 0.6 is 11.6 Å². The molecular weight excluding hydrogens is 288 g/mol. The minimum atomic E-state index is -0.926. The Hall–Kier alpha value is -1.84. The first-order chi connectivity index (χ1) is 10.1. The van der Waals surface area contributed by atoms with Crippen molar-refractivity contribution in [2.24, 2.45) is 5.92 Å². The standard InChI is InChI=1S/C17H17ClO3/c18-15-9-5-4-8-13(15)10-14(17(20)21)11-16(19)12-6-2-1-3-7-12/h1-9,14,16,19H,10-11H2,(H,20,21). The van der Waals surface area contributed by atoms with Crippen LogP contribution in [0.15, 0.2) is 54.6 Å². The number of carboxylic acid groups (broad SMARTS) is 1. The number of aliphatic hydroxyl groups excluding tert-OH is 1. The van der Waals surface area contributed by atoms with Gasteiger partial charge in [-0.3, -0.25) is 4.79 Å². The molecule has 2 atom stereocenters. The Kier molecular flexibility index (Phi) is 5.37. The van der Waals surface area contributed by atoms with E-state index in [1.54, 1.807) is 24.3 Å². The zero-order valence-electron chi connectivity index (χ0n) is 11.4. The molecule has 0 saturated carbocycles. The van der Waals surface area contributed by atoms with Gasteiger partial charge in [0.05, 0.1) is 12.0 Å². The summed E-state index contributed by atoms with van der Waals surface area (Å²) in [5.41, 5.74) is 1.51. The Morgan fingerprint density at radius 1 is 1.05 bits per heavy atom. The smallest absolute Gasteiger partial charge is 0.306 e. The van der Waals surface area contributed by atoms with Crippen molar-refractivity contribution < 1.29 is 15.0 Å². The van der Waals surface area contributed by atoms with Gasteiger partial charge in [-0.1, -0.05) is 60.1 Å². The van der Waals surface area contributed by atoms with E-state index in [1.807, 2.05) is 30.3 Å². The summed E-state index contributed by atoms with van der Waals surface area (Å²) >= 11 is 6.07. The van der Waals surface area contributed by atoms with Crippen LogP contribution in [0.3, 0.4) is 0 Å². The normalized spacial score (nSPS) is 13.6. The molecule has 2 aromatic rings. The van der Waals surface area contributed by atoms with Gasteiger partial charge in [-0.2, -0.15) is 0 Å². The second kappa shape index (κ2) is 7.25. The molecule has 0 aromatic heterocycles. The number of hydrogen-bond acceptors (Lipinski definition) is 2. The van der Waals surface area contributed by atoms with Crippen molar-refractivity contribution in [3.63, 3.8) is 0 Å². The fraction of sp³-hybridized carbons (Fsp3) is 0.235. The van der Waals surface area contributed by atoms with E-state index in [9.17, 15) is 15.0 Å².